The molecule has 0 unspecified atom stereocenters. The monoisotopic (exact) mass is 217 g/mol. The van der Waals surface area contributed by atoms with E-state index in [-0.39, 0.29) is 5.38 Å². The first-order valence-electron chi connectivity index (χ1n) is 5.19. The summed E-state index contributed by atoms with van der Waals surface area (Å²) in [6.45, 7) is 6.83. The van der Waals surface area contributed by atoms with E-state index in [1.807, 2.05) is 0 Å². The molecule has 0 aromatic carbocycles. The number of hydrogen-bond donors (Lipinski definition) is 0. The van der Waals surface area contributed by atoms with Crippen LogP contribution in [0.15, 0.2) is 5.16 Å². The molecule has 1 fully saturated rings. The van der Waals surface area contributed by atoms with Gasteiger partial charge in [-0.2, -0.15) is 0 Å². The molecule has 2 nitrogen and oxygen atoms in total. The molecule has 1 aliphatic rings. The van der Waals surface area contributed by atoms with Crippen molar-refractivity contribution in [1.29, 1.82) is 0 Å². The fourth-order valence-electron chi connectivity index (χ4n) is 1.99. The van der Waals surface area contributed by atoms with E-state index in [2.05, 4.69) is 25.9 Å². The average Bonchev–Trinajstić information content (AvgIpc) is 2.07. The van der Waals surface area contributed by atoms with Crippen LogP contribution in [0.5, 0.6) is 0 Å². The molecule has 0 aromatic heterocycles. The third-order valence-corrected chi connectivity index (χ3v) is 3.47. The maximum absolute atomic E-state index is 6.25. The zero-order valence-corrected chi connectivity index (χ0v) is 10.3. The Morgan fingerprint density at radius 2 is 2.07 bits per heavy atom. The Bertz CT molecular complexity index is 220. The van der Waals surface area contributed by atoms with Crippen molar-refractivity contribution in [2.24, 2.45) is 16.5 Å². The summed E-state index contributed by atoms with van der Waals surface area (Å²) in [6, 6.07) is 0. The van der Waals surface area contributed by atoms with Gasteiger partial charge >= 0.3 is 0 Å². The lowest BCUT2D eigenvalue weighted by atomic mass is 9.72. The largest absolute Gasteiger partial charge is 0.399 e. The normalized spacial score (nSPS) is 31.9. The Morgan fingerprint density at radius 3 is 2.50 bits per heavy atom. The van der Waals surface area contributed by atoms with E-state index in [0.717, 1.165) is 18.6 Å². The molecule has 14 heavy (non-hydrogen) atoms. The van der Waals surface area contributed by atoms with Crippen LogP contribution in [0.3, 0.4) is 0 Å². The highest BCUT2D eigenvalue weighted by atomic mass is 35.5. The summed E-state index contributed by atoms with van der Waals surface area (Å²) in [6.07, 6.45) is 3.17. The van der Waals surface area contributed by atoms with Gasteiger partial charge < -0.3 is 4.84 Å². The quantitative estimate of drug-likeness (QED) is 0.487. The number of alkyl halides is 1. The third kappa shape index (κ3) is 2.88. The number of hydrogen-bond acceptors (Lipinski definition) is 2. The van der Waals surface area contributed by atoms with Gasteiger partial charge in [0.15, 0.2) is 0 Å². The average molecular weight is 218 g/mol. The molecule has 3 heteroatoms. The lowest BCUT2D eigenvalue weighted by Crippen LogP contribution is -2.32. The van der Waals surface area contributed by atoms with Gasteiger partial charge in [0.1, 0.15) is 7.11 Å². The van der Waals surface area contributed by atoms with E-state index in [4.69, 9.17) is 16.4 Å². The highest BCUT2D eigenvalue weighted by molar-refractivity contribution is 6.32. The molecule has 0 heterocycles. The molecule has 0 saturated heterocycles. The first kappa shape index (κ1) is 11.8. The van der Waals surface area contributed by atoms with Crippen LogP contribution in [0.2, 0.25) is 0 Å². The Balaban J connectivity index is 2.60. The zero-order chi connectivity index (χ0) is 10.8. The summed E-state index contributed by atoms with van der Waals surface area (Å²) >= 11 is 6.25. The van der Waals surface area contributed by atoms with Gasteiger partial charge in [-0.3, -0.25) is 0 Å². The summed E-state index contributed by atoms with van der Waals surface area (Å²) in [5, 5.41) is 4.03. The van der Waals surface area contributed by atoms with E-state index in [1.54, 1.807) is 7.11 Å². The van der Waals surface area contributed by atoms with Crippen molar-refractivity contribution in [2.75, 3.05) is 7.11 Å². The van der Waals surface area contributed by atoms with Crippen molar-refractivity contribution in [3.63, 3.8) is 0 Å². The van der Waals surface area contributed by atoms with Crippen molar-refractivity contribution in [3.8, 4) is 0 Å². The van der Waals surface area contributed by atoms with Crippen LogP contribution in [-0.4, -0.2) is 18.2 Å². The maximum Gasteiger partial charge on any atom is 0.106 e. The van der Waals surface area contributed by atoms with Crippen LogP contribution in [0, 0.1) is 11.3 Å². The van der Waals surface area contributed by atoms with Crippen molar-refractivity contribution in [1.82, 2.24) is 0 Å². The molecule has 0 N–H and O–H groups in total. The van der Waals surface area contributed by atoms with Crippen LogP contribution >= 0.6 is 11.6 Å². The second-order valence-electron chi connectivity index (χ2n) is 5.07. The summed E-state index contributed by atoms with van der Waals surface area (Å²) in [7, 11) is 1.58. The molecule has 0 amide bonds. The molecular weight excluding hydrogens is 198 g/mol. The maximum atomic E-state index is 6.25. The predicted octanol–water partition coefficient (Wildman–Crippen LogP) is 3.44. The highest BCUT2D eigenvalue weighted by Crippen LogP contribution is 2.38. The van der Waals surface area contributed by atoms with Gasteiger partial charge in [0.2, 0.25) is 0 Å². The lowest BCUT2D eigenvalue weighted by Gasteiger charge is -2.36. The van der Waals surface area contributed by atoms with Gasteiger partial charge in [-0.15, -0.1) is 11.6 Å². The van der Waals surface area contributed by atoms with E-state index in [9.17, 15) is 0 Å². The van der Waals surface area contributed by atoms with Crippen molar-refractivity contribution >= 4 is 17.3 Å². The first-order valence-corrected chi connectivity index (χ1v) is 5.62. The number of rotatable bonds is 1. The SMILES string of the molecule is CO/N=C1\CC[C@H](C(C)(C)C)C[C@H]1Cl. The molecule has 0 aliphatic heterocycles. The van der Waals surface area contributed by atoms with Crippen LogP contribution in [0.25, 0.3) is 0 Å². The first-order chi connectivity index (χ1) is 6.45. The predicted molar refractivity (Wildman–Crippen MR) is 60.9 cm³/mol. The van der Waals surface area contributed by atoms with Crippen molar-refractivity contribution < 1.29 is 4.84 Å². The molecule has 0 bridgehead atoms. The standard InChI is InChI=1S/C11H20ClNO/c1-11(2,3)8-5-6-10(13-14-4)9(12)7-8/h8-9H,5-7H2,1-4H3/b13-10+/t8-,9+/m0/s1. The highest BCUT2D eigenvalue weighted by Gasteiger charge is 2.33. The third-order valence-electron chi connectivity index (χ3n) is 3.04. The molecular formula is C11H20ClNO. The number of halogens is 1. The van der Waals surface area contributed by atoms with Gasteiger partial charge in [0.25, 0.3) is 0 Å². The van der Waals surface area contributed by atoms with Crippen LogP contribution < -0.4 is 0 Å². The summed E-state index contributed by atoms with van der Waals surface area (Å²) in [5.41, 5.74) is 1.36. The van der Waals surface area contributed by atoms with E-state index in [0.29, 0.717) is 11.3 Å². The Hall–Kier alpha value is -0.240. The summed E-state index contributed by atoms with van der Waals surface area (Å²) in [5.74, 6) is 0.695. The second-order valence-corrected chi connectivity index (χ2v) is 5.60. The fourth-order valence-corrected chi connectivity index (χ4v) is 2.35. The molecule has 2 atom stereocenters. The molecule has 1 rings (SSSR count). The van der Waals surface area contributed by atoms with E-state index >= 15 is 0 Å². The van der Waals surface area contributed by atoms with Crippen molar-refractivity contribution in [2.45, 2.75) is 45.4 Å². The summed E-state index contributed by atoms with van der Waals surface area (Å²) in [4.78, 5) is 4.78. The van der Waals surface area contributed by atoms with Gasteiger partial charge in [-0.25, -0.2) is 0 Å². The van der Waals surface area contributed by atoms with Gasteiger partial charge in [-0.05, 0) is 30.6 Å². The Kier molecular flexibility index (Phi) is 3.82. The molecule has 0 spiro atoms. The van der Waals surface area contributed by atoms with E-state index in [1.165, 1.54) is 6.42 Å². The van der Waals surface area contributed by atoms with E-state index < -0.39 is 0 Å². The topological polar surface area (TPSA) is 21.6 Å². The van der Waals surface area contributed by atoms with Crippen LogP contribution in [0.1, 0.15) is 40.0 Å². The van der Waals surface area contributed by atoms with Gasteiger partial charge in [-0.1, -0.05) is 25.9 Å². The molecule has 0 aromatic rings. The molecule has 1 saturated carbocycles. The minimum absolute atomic E-state index is 0.0629. The van der Waals surface area contributed by atoms with Crippen LogP contribution in [-0.2, 0) is 4.84 Å². The minimum atomic E-state index is 0.0629. The van der Waals surface area contributed by atoms with Crippen molar-refractivity contribution in [3.05, 3.63) is 0 Å². The molecule has 82 valence electrons. The number of oxime groups is 1. The zero-order valence-electron chi connectivity index (χ0n) is 9.51. The Labute approximate surface area is 91.6 Å². The Morgan fingerprint density at radius 1 is 1.43 bits per heavy atom. The van der Waals surface area contributed by atoms with Crippen LogP contribution in [0.4, 0.5) is 0 Å². The molecule has 0 radical (unpaired) electrons. The van der Waals surface area contributed by atoms with Gasteiger partial charge in [0, 0.05) is 0 Å². The number of nitrogens with zero attached hydrogens (tertiary/aromatic N) is 1. The van der Waals surface area contributed by atoms with Gasteiger partial charge in [0.05, 0.1) is 11.1 Å². The minimum Gasteiger partial charge on any atom is -0.399 e. The molecule has 1 aliphatic carbocycles. The second kappa shape index (κ2) is 4.52. The summed E-state index contributed by atoms with van der Waals surface area (Å²) < 4.78 is 0. The smallest absolute Gasteiger partial charge is 0.106 e. The lowest BCUT2D eigenvalue weighted by molar-refractivity contribution is 0.193. The fraction of sp³-hybridized carbons (Fsp3) is 0.909.